The zero-order valence-electron chi connectivity index (χ0n) is 12.4. The Kier molecular flexibility index (Phi) is 4.49. The molecule has 110 valence electrons. The maximum Gasteiger partial charge on any atom is 0.260 e. The highest BCUT2D eigenvalue weighted by Crippen LogP contribution is 2.16. The molecule has 2 N–H and O–H groups in total. The van der Waals surface area contributed by atoms with Gasteiger partial charge in [-0.2, -0.15) is 0 Å². The molecule has 0 saturated carbocycles. The van der Waals surface area contributed by atoms with E-state index in [9.17, 15) is 4.79 Å². The number of amides is 1. The number of hydrogen-bond acceptors (Lipinski definition) is 4. The van der Waals surface area contributed by atoms with Crippen LogP contribution in [0.5, 0.6) is 5.75 Å². The Morgan fingerprint density at radius 3 is 2.60 bits per heavy atom. The van der Waals surface area contributed by atoms with Crippen LogP contribution >= 0.6 is 0 Å². The van der Waals surface area contributed by atoms with E-state index in [1.165, 1.54) is 0 Å². The summed E-state index contributed by atoms with van der Waals surface area (Å²) in [6, 6.07) is 7.87. The van der Waals surface area contributed by atoms with Crippen molar-refractivity contribution in [2.45, 2.75) is 25.9 Å². The lowest BCUT2D eigenvalue weighted by Crippen LogP contribution is -2.57. The molecule has 0 aromatic heterocycles. The molecule has 5 nitrogen and oxygen atoms in total. The zero-order valence-corrected chi connectivity index (χ0v) is 12.4. The van der Waals surface area contributed by atoms with Crippen LogP contribution in [0.3, 0.4) is 0 Å². The summed E-state index contributed by atoms with van der Waals surface area (Å²) in [6.07, 6.45) is 0. The SMILES string of the molecule is CC1CN(C(=O)COc2cccc(N)c2)CC(C)N1C. The van der Waals surface area contributed by atoms with Gasteiger partial charge in [-0.15, -0.1) is 0 Å². The topological polar surface area (TPSA) is 58.8 Å². The summed E-state index contributed by atoms with van der Waals surface area (Å²) < 4.78 is 5.51. The quantitative estimate of drug-likeness (QED) is 0.843. The maximum absolute atomic E-state index is 12.2. The Hall–Kier alpha value is -1.75. The van der Waals surface area contributed by atoms with Crippen molar-refractivity contribution in [3.05, 3.63) is 24.3 Å². The number of benzene rings is 1. The molecular weight excluding hydrogens is 254 g/mol. The minimum Gasteiger partial charge on any atom is -0.484 e. The number of nitrogens with zero attached hydrogens (tertiary/aromatic N) is 2. The fourth-order valence-corrected chi connectivity index (χ4v) is 2.45. The standard InChI is InChI=1S/C15H23N3O2/c1-11-8-18(9-12(2)17(11)3)15(19)10-20-14-6-4-5-13(16)7-14/h4-7,11-12H,8-10,16H2,1-3H3. The van der Waals surface area contributed by atoms with E-state index in [0.717, 1.165) is 13.1 Å². The molecule has 1 saturated heterocycles. The lowest BCUT2D eigenvalue weighted by molar-refractivity contribution is -0.137. The predicted molar refractivity (Wildman–Crippen MR) is 79.6 cm³/mol. The Morgan fingerprint density at radius 1 is 1.35 bits per heavy atom. The molecular formula is C15H23N3O2. The molecule has 2 rings (SSSR count). The van der Waals surface area contributed by atoms with Gasteiger partial charge in [0.25, 0.3) is 5.91 Å². The highest BCUT2D eigenvalue weighted by atomic mass is 16.5. The first-order chi connectivity index (χ1) is 9.47. The molecule has 1 amide bonds. The Bertz CT molecular complexity index is 466. The first-order valence-corrected chi connectivity index (χ1v) is 6.95. The van der Waals surface area contributed by atoms with E-state index in [0.29, 0.717) is 23.5 Å². The number of likely N-dealkylation sites (N-methyl/N-ethyl adjacent to an activating group) is 1. The average Bonchev–Trinajstić information content (AvgIpc) is 2.41. The number of ether oxygens (including phenoxy) is 1. The molecule has 5 heteroatoms. The van der Waals surface area contributed by atoms with Crippen molar-refractivity contribution in [2.24, 2.45) is 0 Å². The fourth-order valence-electron chi connectivity index (χ4n) is 2.45. The van der Waals surface area contributed by atoms with Crippen molar-refractivity contribution in [2.75, 3.05) is 32.5 Å². The van der Waals surface area contributed by atoms with Crippen molar-refractivity contribution >= 4 is 11.6 Å². The van der Waals surface area contributed by atoms with Crippen LogP contribution in [0, 0.1) is 0 Å². The van der Waals surface area contributed by atoms with Gasteiger partial charge in [-0.3, -0.25) is 9.69 Å². The monoisotopic (exact) mass is 277 g/mol. The van der Waals surface area contributed by atoms with Crippen LogP contribution < -0.4 is 10.5 Å². The van der Waals surface area contributed by atoms with Crippen LogP contribution in [-0.4, -0.2) is 54.5 Å². The number of carbonyl (C=O) groups is 1. The smallest absolute Gasteiger partial charge is 0.260 e. The molecule has 0 bridgehead atoms. The third kappa shape index (κ3) is 3.42. The van der Waals surface area contributed by atoms with Gasteiger partial charge >= 0.3 is 0 Å². The van der Waals surface area contributed by atoms with Gasteiger partial charge in [-0.05, 0) is 33.0 Å². The zero-order chi connectivity index (χ0) is 14.7. The Labute approximate surface area is 120 Å². The number of rotatable bonds is 3. The average molecular weight is 277 g/mol. The first-order valence-electron chi connectivity index (χ1n) is 6.95. The lowest BCUT2D eigenvalue weighted by atomic mass is 10.1. The minimum absolute atomic E-state index is 0.0271. The number of carbonyl (C=O) groups excluding carboxylic acids is 1. The largest absolute Gasteiger partial charge is 0.484 e. The lowest BCUT2D eigenvalue weighted by Gasteiger charge is -2.42. The molecule has 1 heterocycles. The first kappa shape index (κ1) is 14.7. The van der Waals surface area contributed by atoms with E-state index in [4.69, 9.17) is 10.5 Å². The van der Waals surface area contributed by atoms with Gasteiger partial charge < -0.3 is 15.4 Å². The highest BCUT2D eigenvalue weighted by molar-refractivity contribution is 5.78. The van der Waals surface area contributed by atoms with E-state index < -0.39 is 0 Å². The minimum atomic E-state index is 0.0271. The molecule has 0 radical (unpaired) electrons. The number of anilines is 1. The van der Waals surface area contributed by atoms with Crippen LogP contribution in [0.25, 0.3) is 0 Å². The second kappa shape index (κ2) is 6.13. The van der Waals surface area contributed by atoms with Gasteiger partial charge in [0.2, 0.25) is 0 Å². The third-order valence-corrected chi connectivity index (χ3v) is 3.93. The predicted octanol–water partition coefficient (Wildman–Crippen LogP) is 1.20. The van der Waals surface area contributed by atoms with E-state index in [2.05, 4.69) is 25.8 Å². The Balaban J connectivity index is 1.89. The molecule has 1 aliphatic rings. The fraction of sp³-hybridized carbons (Fsp3) is 0.533. The second-order valence-electron chi connectivity index (χ2n) is 5.52. The van der Waals surface area contributed by atoms with Gasteiger partial charge in [-0.25, -0.2) is 0 Å². The van der Waals surface area contributed by atoms with Crippen LogP contribution in [0.1, 0.15) is 13.8 Å². The number of hydrogen-bond donors (Lipinski definition) is 1. The normalized spacial score (nSPS) is 23.6. The van der Waals surface area contributed by atoms with Crippen LogP contribution in [0.4, 0.5) is 5.69 Å². The van der Waals surface area contributed by atoms with Gasteiger partial charge in [0.15, 0.2) is 6.61 Å². The van der Waals surface area contributed by atoms with Gasteiger partial charge in [0, 0.05) is 36.9 Å². The Morgan fingerprint density at radius 2 is 2.00 bits per heavy atom. The summed E-state index contributed by atoms with van der Waals surface area (Å²) in [4.78, 5) is 16.4. The number of nitrogen functional groups attached to an aromatic ring is 1. The molecule has 2 unspecified atom stereocenters. The van der Waals surface area contributed by atoms with Crippen LogP contribution in [0.2, 0.25) is 0 Å². The van der Waals surface area contributed by atoms with Crippen molar-refractivity contribution in [1.82, 2.24) is 9.80 Å². The highest BCUT2D eigenvalue weighted by Gasteiger charge is 2.29. The van der Waals surface area contributed by atoms with Crippen molar-refractivity contribution in [1.29, 1.82) is 0 Å². The van der Waals surface area contributed by atoms with Crippen molar-refractivity contribution in [3.63, 3.8) is 0 Å². The molecule has 2 atom stereocenters. The second-order valence-corrected chi connectivity index (χ2v) is 5.52. The number of nitrogens with two attached hydrogens (primary N) is 1. The van der Waals surface area contributed by atoms with Gasteiger partial charge in [0.1, 0.15) is 5.75 Å². The summed E-state index contributed by atoms with van der Waals surface area (Å²) in [5.41, 5.74) is 6.31. The van der Waals surface area contributed by atoms with Gasteiger partial charge in [0.05, 0.1) is 0 Å². The van der Waals surface area contributed by atoms with E-state index in [-0.39, 0.29) is 12.5 Å². The van der Waals surface area contributed by atoms with E-state index >= 15 is 0 Å². The summed E-state index contributed by atoms with van der Waals surface area (Å²) in [7, 11) is 2.10. The van der Waals surface area contributed by atoms with E-state index in [1.54, 1.807) is 18.2 Å². The summed E-state index contributed by atoms with van der Waals surface area (Å²) >= 11 is 0. The summed E-state index contributed by atoms with van der Waals surface area (Å²) in [5, 5.41) is 0. The molecule has 1 aromatic carbocycles. The van der Waals surface area contributed by atoms with Crippen molar-refractivity contribution in [3.8, 4) is 5.75 Å². The van der Waals surface area contributed by atoms with Crippen molar-refractivity contribution < 1.29 is 9.53 Å². The maximum atomic E-state index is 12.2. The van der Waals surface area contributed by atoms with Crippen LogP contribution in [0.15, 0.2) is 24.3 Å². The molecule has 0 spiro atoms. The molecule has 1 aliphatic heterocycles. The summed E-state index contributed by atoms with van der Waals surface area (Å²) in [6.45, 7) is 5.83. The molecule has 0 aliphatic carbocycles. The van der Waals surface area contributed by atoms with Crippen LogP contribution in [-0.2, 0) is 4.79 Å². The molecule has 1 fully saturated rings. The van der Waals surface area contributed by atoms with Gasteiger partial charge in [-0.1, -0.05) is 6.07 Å². The summed E-state index contributed by atoms with van der Waals surface area (Å²) in [5.74, 6) is 0.660. The van der Waals surface area contributed by atoms with E-state index in [1.807, 2.05) is 11.0 Å². The molecule has 1 aromatic rings. The number of piperazine rings is 1. The molecule has 20 heavy (non-hydrogen) atoms. The third-order valence-electron chi connectivity index (χ3n) is 3.93.